The summed E-state index contributed by atoms with van der Waals surface area (Å²) in [6.07, 6.45) is -5.72. The summed E-state index contributed by atoms with van der Waals surface area (Å²) in [5.74, 6) is -2.81. The SMILES string of the molecule is CCNS(=O)(=O)c1ccc(C(=O)N2CCC(C(=O)O)(C(F)(F)F)C2)cc1. The average molecular weight is 394 g/mol. The van der Waals surface area contributed by atoms with Gasteiger partial charge in [0.1, 0.15) is 0 Å². The van der Waals surface area contributed by atoms with Crippen LogP contribution in [0.1, 0.15) is 23.7 Å². The molecule has 2 rings (SSSR count). The summed E-state index contributed by atoms with van der Waals surface area (Å²) in [6.45, 7) is 0.424. The fraction of sp³-hybridized carbons (Fsp3) is 0.467. The van der Waals surface area contributed by atoms with Gasteiger partial charge in [0.2, 0.25) is 10.0 Å². The van der Waals surface area contributed by atoms with E-state index in [2.05, 4.69) is 4.72 Å². The number of nitrogens with one attached hydrogen (secondary N) is 1. The Morgan fingerprint density at radius 2 is 1.85 bits per heavy atom. The van der Waals surface area contributed by atoms with Gasteiger partial charge in [-0.05, 0) is 30.7 Å². The molecule has 1 aliphatic rings. The second-order valence-corrected chi connectivity index (χ2v) is 7.65. The maximum Gasteiger partial charge on any atom is 0.406 e. The lowest BCUT2D eigenvalue weighted by Gasteiger charge is -2.27. The zero-order valence-corrected chi connectivity index (χ0v) is 14.5. The summed E-state index contributed by atoms with van der Waals surface area (Å²) in [7, 11) is -3.72. The highest BCUT2D eigenvalue weighted by molar-refractivity contribution is 7.89. The Balaban J connectivity index is 2.22. The molecular formula is C15H17F3N2O5S. The molecular weight excluding hydrogens is 377 g/mol. The minimum absolute atomic E-state index is 0.0242. The maximum atomic E-state index is 13.2. The molecule has 144 valence electrons. The molecule has 1 aromatic rings. The van der Waals surface area contributed by atoms with Crippen molar-refractivity contribution in [1.82, 2.24) is 9.62 Å². The Bertz CT molecular complexity index is 808. The first kappa shape index (κ1) is 20.2. The van der Waals surface area contributed by atoms with Gasteiger partial charge in [0.05, 0.1) is 4.90 Å². The Morgan fingerprint density at radius 3 is 2.27 bits per heavy atom. The van der Waals surface area contributed by atoms with Crippen LogP contribution in [0.2, 0.25) is 0 Å². The van der Waals surface area contributed by atoms with Crippen molar-refractivity contribution in [2.45, 2.75) is 24.4 Å². The number of halogens is 3. The second-order valence-electron chi connectivity index (χ2n) is 5.89. The van der Waals surface area contributed by atoms with Crippen LogP contribution in [-0.2, 0) is 14.8 Å². The first-order valence-electron chi connectivity index (χ1n) is 7.64. The van der Waals surface area contributed by atoms with Crippen LogP contribution < -0.4 is 4.72 Å². The number of hydrogen-bond acceptors (Lipinski definition) is 4. The van der Waals surface area contributed by atoms with E-state index in [-0.39, 0.29) is 23.5 Å². The number of hydrogen-bond donors (Lipinski definition) is 2. The van der Waals surface area contributed by atoms with Gasteiger partial charge in [-0.3, -0.25) is 9.59 Å². The number of rotatable bonds is 5. The van der Waals surface area contributed by atoms with E-state index in [4.69, 9.17) is 5.11 Å². The summed E-state index contributed by atoms with van der Waals surface area (Å²) in [4.78, 5) is 24.3. The number of carboxylic acid groups (broad SMARTS) is 1. The number of benzene rings is 1. The smallest absolute Gasteiger partial charge is 0.406 e. The van der Waals surface area contributed by atoms with Gasteiger partial charge in [0.15, 0.2) is 5.41 Å². The zero-order valence-electron chi connectivity index (χ0n) is 13.7. The average Bonchev–Trinajstić information content (AvgIpc) is 3.01. The number of aliphatic carboxylic acids is 1. The van der Waals surface area contributed by atoms with Crippen LogP contribution in [0.15, 0.2) is 29.2 Å². The van der Waals surface area contributed by atoms with Gasteiger partial charge < -0.3 is 10.0 Å². The van der Waals surface area contributed by atoms with Crippen molar-refractivity contribution in [3.05, 3.63) is 29.8 Å². The molecule has 2 N–H and O–H groups in total. The van der Waals surface area contributed by atoms with Crippen LogP contribution in [0.25, 0.3) is 0 Å². The number of carbonyl (C=O) groups excluding carboxylic acids is 1. The summed E-state index contributed by atoms with van der Waals surface area (Å²) < 4.78 is 65.5. The molecule has 1 aliphatic heterocycles. The van der Waals surface area contributed by atoms with Crippen LogP contribution in [-0.4, -0.2) is 56.1 Å². The quantitative estimate of drug-likeness (QED) is 0.787. The number of nitrogens with zero attached hydrogens (tertiary/aromatic N) is 1. The van der Waals surface area contributed by atoms with E-state index in [0.29, 0.717) is 0 Å². The molecule has 0 bridgehead atoms. The van der Waals surface area contributed by atoms with Gasteiger partial charge in [0, 0.05) is 25.2 Å². The normalized spacial score (nSPS) is 21.0. The summed E-state index contributed by atoms with van der Waals surface area (Å²) in [6, 6.07) is 4.69. The fourth-order valence-electron chi connectivity index (χ4n) is 2.74. The number of amides is 1. The van der Waals surface area contributed by atoms with Gasteiger partial charge in [-0.1, -0.05) is 6.92 Å². The molecule has 1 fully saturated rings. The van der Waals surface area contributed by atoms with Gasteiger partial charge in [-0.2, -0.15) is 13.2 Å². The van der Waals surface area contributed by atoms with Crippen molar-refractivity contribution < 1.29 is 36.3 Å². The van der Waals surface area contributed by atoms with Crippen LogP contribution >= 0.6 is 0 Å². The Kier molecular flexibility index (Phi) is 5.34. The van der Waals surface area contributed by atoms with Crippen molar-refractivity contribution in [2.75, 3.05) is 19.6 Å². The molecule has 0 spiro atoms. The van der Waals surface area contributed by atoms with Crippen LogP contribution in [0.4, 0.5) is 13.2 Å². The molecule has 0 saturated carbocycles. The minimum Gasteiger partial charge on any atom is -0.481 e. The predicted octanol–water partition coefficient (Wildman–Crippen LogP) is 1.46. The molecule has 0 aliphatic carbocycles. The summed E-state index contributed by atoms with van der Waals surface area (Å²) in [5, 5.41) is 9.01. The highest BCUT2D eigenvalue weighted by Crippen LogP contribution is 2.46. The monoisotopic (exact) mass is 394 g/mol. The summed E-state index contributed by atoms with van der Waals surface area (Å²) in [5.41, 5.74) is -3.01. The predicted molar refractivity (Wildman–Crippen MR) is 83.9 cm³/mol. The molecule has 26 heavy (non-hydrogen) atoms. The molecule has 0 aromatic heterocycles. The van der Waals surface area contributed by atoms with Crippen molar-refractivity contribution in [1.29, 1.82) is 0 Å². The molecule has 11 heteroatoms. The van der Waals surface area contributed by atoms with E-state index in [1.807, 2.05) is 0 Å². The molecule has 1 heterocycles. The third-order valence-corrected chi connectivity index (χ3v) is 5.82. The van der Waals surface area contributed by atoms with E-state index >= 15 is 0 Å². The molecule has 1 amide bonds. The minimum atomic E-state index is -4.99. The van der Waals surface area contributed by atoms with E-state index in [1.165, 1.54) is 12.1 Å². The Hall–Kier alpha value is -2.14. The molecule has 1 aromatic carbocycles. The zero-order chi connectivity index (χ0) is 19.8. The highest BCUT2D eigenvalue weighted by atomic mass is 32.2. The molecule has 1 unspecified atom stereocenters. The lowest BCUT2D eigenvalue weighted by molar-refractivity contribution is -0.227. The third kappa shape index (κ3) is 3.54. The lowest BCUT2D eigenvalue weighted by Crippen LogP contribution is -2.47. The molecule has 1 saturated heterocycles. The van der Waals surface area contributed by atoms with E-state index < -0.39 is 46.5 Å². The molecule has 0 radical (unpaired) electrons. The number of carbonyl (C=O) groups is 2. The van der Waals surface area contributed by atoms with E-state index in [1.54, 1.807) is 6.92 Å². The molecule has 7 nitrogen and oxygen atoms in total. The van der Waals surface area contributed by atoms with E-state index in [0.717, 1.165) is 17.0 Å². The van der Waals surface area contributed by atoms with Crippen LogP contribution in [0.3, 0.4) is 0 Å². The number of likely N-dealkylation sites (tertiary alicyclic amines) is 1. The van der Waals surface area contributed by atoms with Crippen molar-refractivity contribution in [3.8, 4) is 0 Å². The van der Waals surface area contributed by atoms with E-state index in [9.17, 15) is 31.2 Å². The van der Waals surface area contributed by atoms with Crippen molar-refractivity contribution in [2.24, 2.45) is 5.41 Å². The third-order valence-electron chi connectivity index (χ3n) is 4.25. The van der Waals surface area contributed by atoms with Gasteiger partial charge >= 0.3 is 12.1 Å². The van der Waals surface area contributed by atoms with Gasteiger partial charge in [-0.25, -0.2) is 13.1 Å². The number of carboxylic acids is 1. The van der Waals surface area contributed by atoms with Crippen LogP contribution in [0, 0.1) is 5.41 Å². The first-order valence-corrected chi connectivity index (χ1v) is 9.12. The Morgan fingerprint density at radius 1 is 1.27 bits per heavy atom. The van der Waals surface area contributed by atoms with Crippen molar-refractivity contribution >= 4 is 21.9 Å². The maximum absolute atomic E-state index is 13.2. The summed E-state index contributed by atoms with van der Waals surface area (Å²) >= 11 is 0. The molecule has 1 atom stereocenters. The van der Waals surface area contributed by atoms with Crippen LogP contribution in [0.5, 0.6) is 0 Å². The Labute approximate surface area is 147 Å². The second kappa shape index (κ2) is 6.88. The largest absolute Gasteiger partial charge is 0.481 e. The topological polar surface area (TPSA) is 104 Å². The van der Waals surface area contributed by atoms with Gasteiger partial charge in [-0.15, -0.1) is 0 Å². The van der Waals surface area contributed by atoms with Crippen molar-refractivity contribution in [3.63, 3.8) is 0 Å². The highest BCUT2D eigenvalue weighted by Gasteiger charge is 2.64. The lowest BCUT2D eigenvalue weighted by atomic mass is 9.86. The van der Waals surface area contributed by atoms with Gasteiger partial charge in [0.25, 0.3) is 5.91 Å². The number of alkyl halides is 3. The number of sulfonamides is 1. The fourth-order valence-corrected chi connectivity index (χ4v) is 3.78. The standard InChI is InChI=1S/C15H17F3N2O5S/c1-2-19-26(24,25)11-5-3-10(4-6-11)12(21)20-8-7-14(9-20,13(22)23)15(16,17)18/h3-6,19H,2,7-9H2,1H3,(H,22,23). The first-order chi connectivity index (χ1) is 11.9.